The first-order chi connectivity index (χ1) is 4.88. The Morgan fingerprint density at radius 2 is 2.70 bits per heavy atom. The minimum Gasteiger partial charge on any atom is -0.295 e. The van der Waals surface area contributed by atoms with Crippen molar-refractivity contribution in [1.29, 1.82) is 0 Å². The van der Waals surface area contributed by atoms with Crippen LogP contribution in [0.5, 0.6) is 0 Å². The summed E-state index contributed by atoms with van der Waals surface area (Å²) in [5, 5.41) is 0.873. The number of amides is 1. The molecule has 0 aromatic rings. The Bertz CT molecular complexity index is 158. The molecule has 0 saturated heterocycles. The normalized spacial score (nSPS) is 16.7. The molecule has 0 atom stereocenters. The first-order valence-electron chi connectivity index (χ1n) is 3.27. The molecule has 56 valence electrons. The molecule has 0 radical (unpaired) electrons. The number of thioether (sulfide) groups is 1. The largest absolute Gasteiger partial charge is 0.295 e. The lowest BCUT2D eigenvalue weighted by Crippen LogP contribution is -2.25. The fourth-order valence-electron chi connectivity index (χ4n) is 0.752. The van der Waals surface area contributed by atoms with E-state index in [9.17, 15) is 4.79 Å². The van der Waals surface area contributed by atoms with Gasteiger partial charge in [-0.15, -0.1) is 0 Å². The molecule has 1 heterocycles. The van der Waals surface area contributed by atoms with Crippen molar-refractivity contribution in [2.75, 3.05) is 18.8 Å². The van der Waals surface area contributed by atoms with Crippen LogP contribution in [0.1, 0.15) is 6.92 Å². The van der Waals surface area contributed by atoms with E-state index < -0.39 is 0 Å². The highest BCUT2D eigenvalue weighted by Gasteiger charge is 2.12. The number of carbonyl (C=O) groups excluding carboxylic acids is 1. The first kappa shape index (κ1) is 7.60. The van der Waals surface area contributed by atoms with Crippen LogP contribution in [-0.4, -0.2) is 35.3 Å². The van der Waals surface area contributed by atoms with Gasteiger partial charge in [0.2, 0.25) is 6.41 Å². The van der Waals surface area contributed by atoms with Gasteiger partial charge in [0.15, 0.2) is 5.17 Å². The van der Waals surface area contributed by atoms with Gasteiger partial charge in [0.25, 0.3) is 0 Å². The molecule has 0 spiro atoms. The van der Waals surface area contributed by atoms with Crippen LogP contribution >= 0.6 is 11.8 Å². The Morgan fingerprint density at radius 1 is 1.90 bits per heavy atom. The number of amidine groups is 1. The zero-order chi connectivity index (χ0) is 7.40. The maximum atomic E-state index is 10.4. The Hall–Kier alpha value is -0.510. The van der Waals surface area contributed by atoms with Crippen molar-refractivity contribution in [2.24, 2.45) is 4.99 Å². The van der Waals surface area contributed by atoms with Crippen LogP contribution in [0.2, 0.25) is 0 Å². The second-order valence-corrected chi connectivity index (χ2v) is 2.97. The monoisotopic (exact) mass is 158 g/mol. The average Bonchev–Trinajstić information content (AvgIpc) is 2.43. The third-order valence-corrected chi connectivity index (χ3v) is 2.29. The van der Waals surface area contributed by atoms with Crippen molar-refractivity contribution in [2.45, 2.75) is 6.92 Å². The number of hydrogen-bond donors (Lipinski definition) is 0. The van der Waals surface area contributed by atoms with Gasteiger partial charge >= 0.3 is 0 Å². The number of rotatable bonds is 2. The van der Waals surface area contributed by atoms with E-state index in [2.05, 4.69) is 4.99 Å². The lowest BCUT2D eigenvalue weighted by atomic mass is 10.7. The average molecular weight is 158 g/mol. The third-order valence-electron chi connectivity index (χ3n) is 1.28. The molecule has 0 aromatic carbocycles. The van der Waals surface area contributed by atoms with Gasteiger partial charge in [-0.25, -0.2) is 0 Å². The minimum absolute atomic E-state index is 0.718. The fourth-order valence-corrected chi connectivity index (χ4v) is 1.64. The van der Waals surface area contributed by atoms with Crippen LogP contribution in [0.15, 0.2) is 4.99 Å². The van der Waals surface area contributed by atoms with Crippen molar-refractivity contribution < 1.29 is 4.79 Å². The van der Waals surface area contributed by atoms with E-state index in [1.54, 1.807) is 16.7 Å². The highest BCUT2D eigenvalue weighted by molar-refractivity contribution is 8.14. The Balaban J connectivity index is 2.51. The minimum atomic E-state index is 0.718. The SMILES string of the molecule is CCN(C=O)C1=NCCS1. The summed E-state index contributed by atoms with van der Waals surface area (Å²) in [5.41, 5.74) is 0. The molecule has 1 rings (SSSR count). The standard InChI is InChI=1S/C6H10N2OS/c1-2-8(5-9)6-7-3-4-10-6/h5H,2-4H2,1H3. The molecule has 1 amide bonds. The van der Waals surface area contributed by atoms with E-state index >= 15 is 0 Å². The van der Waals surface area contributed by atoms with Gasteiger partial charge in [-0.3, -0.25) is 14.7 Å². The van der Waals surface area contributed by atoms with Gasteiger partial charge < -0.3 is 0 Å². The molecular weight excluding hydrogens is 148 g/mol. The lowest BCUT2D eigenvalue weighted by Gasteiger charge is -2.11. The lowest BCUT2D eigenvalue weighted by molar-refractivity contribution is -0.114. The zero-order valence-electron chi connectivity index (χ0n) is 5.91. The van der Waals surface area contributed by atoms with Gasteiger partial charge in [-0.05, 0) is 6.92 Å². The second kappa shape index (κ2) is 3.61. The zero-order valence-corrected chi connectivity index (χ0v) is 6.73. The van der Waals surface area contributed by atoms with E-state index in [0.717, 1.165) is 30.4 Å². The predicted octanol–water partition coefficient (Wildman–Crippen LogP) is 0.568. The first-order valence-corrected chi connectivity index (χ1v) is 4.26. The van der Waals surface area contributed by atoms with E-state index in [0.29, 0.717) is 0 Å². The Labute approximate surface area is 64.5 Å². The van der Waals surface area contributed by atoms with E-state index in [1.807, 2.05) is 6.92 Å². The summed E-state index contributed by atoms with van der Waals surface area (Å²) >= 11 is 1.64. The molecule has 0 aliphatic carbocycles. The molecule has 10 heavy (non-hydrogen) atoms. The molecule has 0 saturated carbocycles. The van der Waals surface area contributed by atoms with Gasteiger partial charge in [-0.2, -0.15) is 0 Å². The van der Waals surface area contributed by atoms with Crippen LogP contribution in [-0.2, 0) is 4.79 Å². The van der Waals surface area contributed by atoms with E-state index in [1.165, 1.54) is 0 Å². The van der Waals surface area contributed by atoms with Crippen molar-refractivity contribution >= 4 is 23.3 Å². The summed E-state index contributed by atoms with van der Waals surface area (Å²) in [6.07, 6.45) is 0.831. The Morgan fingerprint density at radius 3 is 3.10 bits per heavy atom. The summed E-state index contributed by atoms with van der Waals surface area (Å²) < 4.78 is 0. The molecule has 0 N–H and O–H groups in total. The van der Waals surface area contributed by atoms with Crippen LogP contribution in [0.3, 0.4) is 0 Å². The van der Waals surface area contributed by atoms with Crippen LogP contribution in [0.25, 0.3) is 0 Å². The summed E-state index contributed by atoms with van der Waals surface area (Å²) in [6, 6.07) is 0. The molecule has 1 aliphatic heterocycles. The molecule has 0 aromatic heterocycles. The highest BCUT2D eigenvalue weighted by Crippen LogP contribution is 2.13. The molecular formula is C6H10N2OS. The van der Waals surface area contributed by atoms with Crippen LogP contribution < -0.4 is 0 Å². The molecule has 0 unspecified atom stereocenters. The molecule has 4 heteroatoms. The molecule has 1 aliphatic rings. The molecule has 0 fully saturated rings. The fraction of sp³-hybridized carbons (Fsp3) is 0.667. The van der Waals surface area contributed by atoms with Crippen molar-refractivity contribution in [3.63, 3.8) is 0 Å². The maximum Gasteiger partial charge on any atom is 0.215 e. The van der Waals surface area contributed by atoms with Crippen LogP contribution in [0.4, 0.5) is 0 Å². The van der Waals surface area contributed by atoms with Crippen LogP contribution in [0, 0.1) is 0 Å². The number of carbonyl (C=O) groups is 1. The number of nitrogens with zero attached hydrogens (tertiary/aromatic N) is 2. The van der Waals surface area contributed by atoms with E-state index in [4.69, 9.17) is 0 Å². The van der Waals surface area contributed by atoms with Crippen molar-refractivity contribution in [3.8, 4) is 0 Å². The highest BCUT2D eigenvalue weighted by atomic mass is 32.2. The van der Waals surface area contributed by atoms with Gasteiger partial charge in [0.1, 0.15) is 0 Å². The number of aliphatic imine (C=N–C) groups is 1. The predicted molar refractivity (Wildman–Crippen MR) is 43.2 cm³/mol. The number of hydrogen-bond acceptors (Lipinski definition) is 3. The van der Waals surface area contributed by atoms with Gasteiger partial charge in [0.05, 0.1) is 6.54 Å². The summed E-state index contributed by atoms with van der Waals surface area (Å²) in [5.74, 6) is 1.01. The summed E-state index contributed by atoms with van der Waals surface area (Å²) in [4.78, 5) is 16.1. The Kier molecular flexibility index (Phi) is 2.74. The second-order valence-electron chi connectivity index (χ2n) is 1.90. The van der Waals surface area contributed by atoms with E-state index in [-0.39, 0.29) is 0 Å². The molecule has 3 nitrogen and oxygen atoms in total. The smallest absolute Gasteiger partial charge is 0.215 e. The quantitative estimate of drug-likeness (QED) is 0.550. The maximum absolute atomic E-state index is 10.4. The van der Waals surface area contributed by atoms with Crippen molar-refractivity contribution in [3.05, 3.63) is 0 Å². The van der Waals surface area contributed by atoms with Gasteiger partial charge in [-0.1, -0.05) is 11.8 Å². The summed E-state index contributed by atoms with van der Waals surface area (Å²) in [6.45, 7) is 3.51. The molecule has 0 bridgehead atoms. The van der Waals surface area contributed by atoms with Crippen molar-refractivity contribution in [1.82, 2.24) is 4.90 Å². The van der Waals surface area contributed by atoms with Gasteiger partial charge in [0, 0.05) is 12.3 Å². The summed E-state index contributed by atoms with van der Waals surface area (Å²) in [7, 11) is 0. The topological polar surface area (TPSA) is 32.7 Å². The third kappa shape index (κ3) is 1.50.